The van der Waals surface area contributed by atoms with Gasteiger partial charge in [0.15, 0.2) is 11.5 Å². The van der Waals surface area contributed by atoms with E-state index in [0.717, 1.165) is 56.6 Å². The summed E-state index contributed by atoms with van der Waals surface area (Å²) in [5.74, 6) is 0.142. The molecule has 0 aliphatic heterocycles. The molecule has 0 spiro atoms. The van der Waals surface area contributed by atoms with Crippen LogP contribution >= 0.6 is 0 Å². The minimum atomic E-state index is -0.833. The predicted molar refractivity (Wildman–Crippen MR) is 196 cm³/mol. The highest BCUT2D eigenvalue weighted by Crippen LogP contribution is 2.28. The molecule has 1 aromatic carbocycles. The largest absolute Gasteiger partial charge is 0.493 e. The maximum absolute atomic E-state index is 10.8. The third kappa shape index (κ3) is 45.2. The van der Waals surface area contributed by atoms with E-state index >= 15 is 0 Å². The van der Waals surface area contributed by atoms with Crippen LogP contribution in [0.15, 0.2) is 42.5 Å². The van der Waals surface area contributed by atoms with Gasteiger partial charge in [-0.1, -0.05) is 110 Å². The van der Waals surface area contributed by atoms with E-state index in [0.29, 0.717) is 23.9 Å². The Bertz CT molecular complexity index is 892. The Morgan fingerprint density at radius 2 is 1.32 bits per heavy atom. The molecule has 0 aliphatic carbocycles. The van der Waals surface area contributed by atoms with Crippen molar-refractivity contribution in [2.45, 2.75) is 151 Å². The third-order valence-corrected chi connectivity index (χ3v) is 6.38. The van der Waals surface area contributed by atoms with Crippen molar-refractivity contribution in [1.82, 2.24) is 0 Å². The molecule has 0 saturated heterocycles. The van der Waals surface area contributed by atoms with Crippen LogP contribution in [0.4, 0.5) is 0 Å². The summed E-state index contributed by atoms with van der Waals surface area (Å²) in [7, 11) is 1.54. The van der Waals surface area contributed by atoms with E-state index in [1.807, 2.05) is 12.1 Å². The summed E-state index contributed by atoms with van der Waals surface area (Å²) in [5, 5.41) is 24.5. The van der Waals surface area contributed by atoms with Crippen LogP contribution in [0.3, 0.4) is 0 Å². The van der Waals surface area contributed by atoms with Gasteiger partial charge in [-0.2, -0.15) is 0 Å². The van der Waals surface area contributed by atoms with Crippen molar-refractivity contribution >= 4 is 17.7 Å². The van der Waals surface area contributed by atoms with E-state index in [-0.39, 0.29) is 12.6 Å². The molecule has 0 fully saturated rings. The van der Waals surface area contributed by atoms with Crippen LogP contribution in [0, 0.1) is 0 Å². The van der Waals surface area contributed by atoms with Gasteiger partial charge in [-0.3, -0.25) is 9.59 Å². The zero-order chi connectivity index (χ0) is 36.7. The third-order valence-electron chi connectivity index (χ3n) is 6.38. The number of methoxy groups -OCH3 is 1. The van der Waals surface area contributed by atoms with Crippen molar-refractivity contribution < 1.29 is 39.2 Å². The Labute approximate surface area is 287 Å². The number of carbonyl (C=O) groups excluding carboxylic acids is 2. The van der Waals surface area contributed by atoms with Crippen LogP contribution in [0.2, 0.25) is 0 Å². The van der Waals surface area contributed by atoms with E-state index in [1.165, 1.54) is 71.1 Å². The summed E-state index contributed by atoms with van der Waals surface area (Å²) in [6.45, 7) is 17.0. The van der Waals surface area contributed by atoms with Crippen molar-refractivity contribution in [2.75, 3.05) is 20.3 Å². The number of hydrogen-bond donors (Lipinski definition) is 3. The lowest BCUT2D eigenvalue weighted by molar-refractivity contribution is -0.134. The number of aliphatic hydroxyl groups excluding tert-OH is 2. The first kappa shape index (κ1) is 50.9. The maximum atomic E-state index is 10.8. The fourth-order valence-electron chi connectivity index (χ4n) is 3.78. The molecule has 47 heavy (non-hydrogen) atoms. The molecular weight excluding hydrogens is 596 g/mol. The average molecular weight is 667 g/mol. The lowest BCUT2D eigenvalue weighted by Crippen LogP contribution is -2.03. The van der Waals surface area contributed by atoms with Gasteiger partial charge in [0.25, 0.3) is 5.97 Å². The van der Waals surface area contributed by atoms with Gasteiger partial charge >= 0.3 is 5.97 Å². The highest BCUT2D eigenvalue weighted by atomic mass is 16.6. The molecule has 8 heteroatoms. The zero-order valence-electron chi connectivity index (χ0n) is 31.2. The van der Waals surface area contributed by atoms with Crippen LogP contribution in [-0.2, 0) is 20.8 Å². The van der Waals surface area contributed by atoms with Crippen LogP contribution in [0.25, 0.3) is 0 Å². The first-order chi connectivity index (χ1) is 22.4. The van der Waals surface area contributed by atoms with Gasteiger partial charge in [-0.25, -0.2) is 0 Å². The van der Waals surface area contributed by atoms with Crippen LogP contribution in [0.5, 0.6) is 11.5 Å². The smallest absolute Gasteiger partial charge is 0.308 e. The number of hydrogen-bond acceptors (Lipinski definition) is 7. The number of aliphatic hydroxyl groups is 2. The average Bonchev–Trinajstić information content (AvgIpc) is 3.03. The minimum Gasteiger partial charge on any atom is -0.493 e. The Balaban J connectivity index is -0.000000259. The number of allylic oxidation sites excluding steroid dienone is 2. The van der Waals surface area contributed by atoms with Gasteiger partial charge in [-0.15, -0.1) is 6.58 Å². The van der Waals surface area contributed by atoms with Crippen molar-refractivity contribution in [1.29, 1.82) is 0 Å². The molecule has 0 aromatic heterocycles. The zero-order valence-corrected chi connectivity index (χ0v) is 31.2. The second-order valence-electron chi connectivity index (χ2n) is 11.1. The fraction of sp³-hybridized carbons (Fsp3) is 0.667. The minimum absolute atomic E-state index is 0.233. The number of aliphatic carboxylic acids is 1. The number of ether oxygens (including phenoxy) is 2. The van der Waals surface area contributed by atoms with Crippen molar-refractivity contribution in [3.05, 3.63) is 48.1 Å². The highest BCUT2D eigenvalue weighted by molar-refractivity contribution is 5.75. The molecule has 1 aromatic rings. The van der Waals surface area contributed by atoms with Crippen molar-refractivity contribution in [3.63, 3.8) is 0 Å². The number of esters is 1. The summed E-state index contributed by atoms with van der Waals surface area (Å²) in [5.41, 5.74) is 2.23. The molecule has 1 rings (SSSR count). The molecular formula is C39H70O8. The molecule has 0 unspecified atom stereocenters. The number of unbranched alkanes of at least 4 members (excludes halogenated alkanes) is 10. The standard InChI is InChI=1S/C12H14O3.C9H18O.C8H16O.C8H18O.C2H4O2/c1-4-5-10-6-7-11(15-9(2)13)12(8-10)14-3;1-3-4-5-6-7-8-9(2)10;1-3-5-6-8(4-2)7-9;1-2-3-4-5-6-7-8-9;1-2(3)4/h4,6-8H,1,5H2,2-3H3;3-8H2,1-2H3;6,9H,3-5,7H2,1-2H3;9H,2-8H2,1H3;1H3,(H,3,4). The van der Waals surface area contributed by atoms with Gasteiger partial charge in [0.1, 0.15) is 5.78 Å². The lowest BCUT2D eigenvalue weighted by atomic mass is 10.1. The van der Waals surface area contributed by atoms with Crippen LogP contribution in [-0.4, -0.2) is 53.4 Å². The molecule has 0 amide bonds. The molecule has 0 radical (unpaired) electrons. The Kier molecular flexibility index (Phi) is 44.4. The number of rotatable bonds is 20. The summed E-state index contributed by atoms with van der Waals surface area (Å²) >= 11 is 0. The number of carbonyl (C=O) groups is 3. The SMILES string of the molecule is C=CCc1ccc(OC(C)=O)c(OC)c1.CC(=O)O.CCCC=C(CC)CO.CCCCCCCC(C)=O.CCCCCCCCO. The topological polar surface area (TPSA) is 130 Å². The number of carboxylic acids is 1. The van der Waals surface area contributed by atoms with E-state index < -0.39 is 5.97 Å². The number of Topliss-reactive ketones (excluding diaryl/α,β-unsaturated/α-hetero) is 1. The molecule has 0 atom stereocenters. The Hall–Kier alpha value is -2.97. The van der Waals surface area contributed by atoms with Crippen molar-refractivity contribution in [3.8, 4) is 11.5 Å². The lowest BCUT2D eigenvalue weighted by Gasteiger charge is -2.08. The summed E-state index contributed by atoms with van der Waals surface area (Å²) in [6.07, 6.45) is 22.4. The second kappa shape index (κ2) is 41.1. The fourth-order valence-corrected chi connectivity index (χ4v) is 3.78. The second-order valence-corrected chi connectivity index (χ2v) is 11.1. The van der Waals surface area contributed by atoms with Crippen molar-refractivity contribution in [2.24, 2.45) is 0 Å². The first-order valence-electron chi connectivity index (χ1n) is 17.5. The molecule has 0 bridgehead atoms. The van der Waals surface area contributed by atoms with Gasteiger partial charge in [-0.05, 0) is 62.3 Å². The van der Waals surface area contributed by atoms with Crippen LogP contribution in [0.1, 0.15) is 150 Å². The summed E-state index contributed by atoms with van der Waals surface area (Å²) in [6, 6.07) is 5.43. The summed E-state index contributed by atoms with van der Waals surface area (Å²) < 4.78 is 10.1. The molecule has 0 aliphatic rings. The van der Waals surface area contributed by atoms with E-state index in [4.69, 9.17) is 29.6 Å². The van der Waals surface area contributed by atoms with E-state index in [9.17, 15) is 9.59 Å². The molecule has 0 heterocycles. The van der Waals surface area contributed by atoms with Gasteiger partial charge in [0.05, 0.1) is 13.7 Å². The molecule has 8 nitrogen and oxygen atoms in total. The molecule has 3 N–H and O–H groups in total. The maximum Gasteiger partial charge on any atom is 0.308 e. The molecule has 0 saturated carbocycles. The van der Waals surface area contributed by atoms with E-state index in [1.54, 1.807) is 26.2 Å². The molecule has 274 valence electrons. The monoisotopic (exact) mass is 667 g/mol. The first-order valence-corrected chi connectivity index (χ1v) is 17.5. The number of carboxylic acid groups (broad SMARTS) is 1. The number of benzene rings is 1. The normalized spacial score (nSPS) is 9.87. The van der Waals surface area contributed by atoms with Gasteiger partial charge < -0.3 is 29.6 Å². The highest BCUT2D eigenvalue weighted by Gasteiger charge is 2.07. The Morgan fingerprint density at radius 1 is 0.787 bits per heavy atom. The predicted octanol–water partition coefficient (Wildman–Crippen LogP) is 9.83. The van der Waals surface area contributed by atoms with Gasteiger partial charge in [0.2, 0.25) is 0 Å². The van der Waals surface area contributed by atoms with Gasteiger partial charge in [0, 0.05) is 26.9 Å². The van der Waals surface area contributed by atoms with E-state index in [2.05, 4.69) is 40.3 Å². The quantitative estimate of drug-likeness (QED) is 0.0543. The Morgan fingerprint density at radius 3 is 1.72 bits per heavy atom. The summed E-state index contributed by atoms with van der Waals surface area (Å²) in [4.78, 5) is 30.3. The number of ketones is 1. The van der Waals surface area contributed by atoms with Crippen LogP contribution < -0.4 is 9.47 Å².